The molecule has 2 heterocycles. The molecular weight excluding hydrogens is 296 g/mol. The molecule has 7 heteroatoms. The van der Waals surface area contributed by atoms with Crippen LogP contribution in [-0.2, 0) is 11.8 Å². The smallest absolute Gasteiger partial charge is 0.257 e. The molecule has 0 spiro atoms. The van der Waals surface area contributed by atoms with Crippen molar-refractivity contribution in [2.45, 2.75) is 26.4 Å². The van der Waals surface area contributed by atoms with Gasteiger partial charge in [0.25, 0.3) is 5.91 Å². The van der Waals surface area contributed by atoms with Gasteiger partial charge in [0.1, 0.15) is 6.61 Å². The van der Waals surface area contributed by atoms with E-state index in [1.54, 1.807) is 36.3 Å². The lowest BCUT2D eigenvalue weighted by Gasteiger charge is -2.19. The maximum Gasteiger partial charge on any atom is 0.257 e. The molecule has 124 valence electrons. The average molecular weight is 318 g/mol. The molecule has 2 aromatic heterocycles. The summed E-state index contributed by atoms with van der Waals surface area (Å²) in [5.41, 5.74) is 0.898. The van der Waals surface area contributed by atoms with E-state index in [2.05, 4.69) is 15.4 Å². The number of anilines is 1. The van der Waals surface area contributed by atoms with Gasteiger partial charge in [-0.3, -0.25) is 9.48 Å². The topological polar surface area (TPSA) is 78.3 Å². The maximum absolute atomic E-state index is 12.1. The van der Waals surface area contributed by atoms with Crippen LogP contribution in [0.3, 0.4) is 0 Å². The fourth-order valence-electron chi connectivity index (χ4n) is 1.78. The molecule has 0 saturated carbocycles. The second-order valence-corrected chi connectivity index (χ2v) is 6.05. The number of hydrogen-bond donors (Lipinski definition) is 1. The first-order valence-electron chi connectivity index (χ1n) is 7.36. The number of carbonyl (C=O) groups is 1. The zero-order valence-electron chi connectivity index (χ0n) is 13.9. The molecule has 7 nitrogen and oxygen atoms in total. The molecule has 0 aliphatic rings. The second kappa shape index (κ2) is 7.23. The lowest BCUT2D eigenvalue weighted by Crippen LogP contribution is -2.22. The van der Waals surface area contributed by atoms with Crippen LogP contribution < -0.4 is 10.1 Å². The van der Waals surface area contributed by atoms with Gasteiger partial charge in [-0.2, -0.15) is 5.10 Å². The number of pyridine rings is 1. The number of amides is 1. The van der Waals surface area contributed by atoms with Crippen molar-refractivity contribution >= 4 is 11.6 Å². The summed E-state index contributed by atoms with van der Waals surface area (Å²) in [6.45, 7) is 6.85. The summed E-state index contributed by atoms with van der Waals surface area (Å²) in [6.07, 6.45) is 4.78. The minimum Gasteiger partial charge on any atom is -0.475 e. The Morgan fingerprint density at radius 1 is 1.26 bits per heavy atom. The molecule has 0 unspecified atom stereocenters. The van der Waals surface area contributed by atoms with Crippen molar-refractivity contribution in [2.75, 3.05) is 18.5 Å². The Morgan fingerprint density at radius 3 is 2.61 bits per heavy atom. The quantitative estimate of drug-likeness (QED) is 0.827. The number of aromatic nitrogens is 3. The molecule has 0 fully saturated rings. The monoisotopic (exact) mass is 318 g/mol. The number of aryl methyl sites for hydroxylation is 1. The molecule has 0 aromatic carbocycles. The molecule has 1 N–H and O–H groups in total. The third-order valence-electron chi connectivity index (χ3n) is 2.83. The van der Waals surface area contributed by atoms with E-state index in [4.69, 9.17) is 9.47 Å². The number of nitrogens with one attached hydrogen (secondary N) is 1. The average Bonchev–Trinajstić information content (AvgIpc) is 2.88. The third-order valence-corrected chi connectivity index (χ3v) is 2.83. The maximum atomic E-state index is 12.1. The summed E-state index contributed by atoms with van der Waals surface area (Å²) in [5, 5.41) is 6.74. The zero-order valence-corrected chi connectivity index (χ0v) is 13.9. The molecule has 1 amide bonds. The first kappa shape index (κ1) is 17.0. The van der Waals surface area contributed by atoms with Gasteiger partial charge in [0.2, 0.25) is 5.88 Å². The Kier molecular flexibility index (Phi) is 5.33. The molecule has 0 aliphatic heterocycles. The molecule has 0 aliphatic carbocycles. The molecular formula is C16H22N4O3. The Labute approximate surface area is 135 Å². The van der Waals surface area contributed by atoms with Gasteiger partial charge in [-0.1, -0.05) is 0 Å². The van der Waals surface area contributed by atoms with E-state index in [0.29, 0.717) is 30.3 Å². The van der Waals surface area contributed by atoms with Crippen LogP contribution in [0.15, 0.2) is 30.7 Å². The Balaban J connectivity index is 1.83. The summed E-state index contributed by atoms with van der Waals surface area (Å²) in [7, 11) is 1.78. The first-order valence-corrected chi connectivity index (χ1v) is 7.36. The Hall–Kier alpha value is -2.41. The SMILES string of the molecule is Cn1cc(NC(=O)c2ccc(OCCOC(C)(C)C)nc2)cn1. The molecule has 0 bridgehead atoms. The summed E-state index contributed by atoms with van der Waals surface area (Å²) in [6, 6.07) is 3.33. The number of hydrogen-bond acceptors (Lipinski definition) is 5. The highest BCUT2D eigenvalue weighted by Crippen LogP contribution is 2.11. The second-order valence-electron chi connectivity index (χ2n) is 6.05. The predicted molar refractivity (Wildman–Crippen MR) is 86.6 cm³/mol. The van der Waals surface area contributed by atoms with Crippen molar-refractivity contribution < 1.29 is 14.3 Å². The van der Waals surface area contributed by atoms with Gasteiger partial charge in [-0.15, -0.1) is 0 Å². The van der Waals surface area contributed by atoms with Crippen molar-refractivity contribution in [3.8, 4) is 5.88 Å². The van der Waals surface area contributed by atoms with E-state index in [0.717, 1.165) is 0 Å². The number of ether oxygens (including phenoxy) is 2. The number of carbonyl (C=O) groups excluding carboxylic acids is 1. The van der Waals surface area contributed by atoms with E-state index in [1.165, 1.54) is 6.20 Å². The standard InChI is InChI=1S/C16H22N4O3/c1-16(2,3)23-8-7-22-14-6-5-12(9-17-14)15(21)19-13-10-18-20(4)11-13/h5-6,9-11H,7-8H2,1-4H3,(H,19,21). The fourth-order valence-corrected chi connectivity index (χ4v) is 1.78. The molecule has 23 heavy (non-hydrogen) atoms. The van der Waals surface area contributed by atoms with Crippen LogP contribution in [0.25, 0.3) is 0 Å². The number of nitrogens with zero attached hydrogens (tertiary/aromatic N) is 3. The van der Waals surface area contributed by atoms with Gasteiger partial charge in [-0.25, -0.2) is 4.98 Å². The van der Waals surface area contributed by atoms with Gasteiger partial charge >= 0.3 is 0 Å². The summed E-state index contributed by atoms with van der Waals surface area (Å²) in [5.74, 6) is 0.216. The van der Waals surface area contributed by atoms with Crippen LogP contribution in [0.4, 0.5) is 5.69 Å². The van der Waals surface area contributed by atoms with Gasteiger partial charge in [0.15, 0.2) is 0 Å². The zero-order chi connectivity index (χ0) is 16.9. The van der Waals surface area contributed by atoms with Crippen LogP contribution in [0.2, 0.25) is 0 Å². The molecule has 0 atom stereocenters. The van der Waals surface area contributed by atoms with Gasteiger partial charge < -0.3 is 14.8 Å². The highest BCUT2D eigenvalue weighted by Gasteiger charge is 2.10. The molecule has 0 radical (unpaired) electrons. The van der Waals surface area contributed by atoms with E-state index >= 15 is 0 Å². The van der Waals surface area contributed by atoms with Crippen LogP contribution in [0, 0.1) is 0 Å². The summed E-state index contributed by atoms with van der Waals surface area (Å²) < 4.78 is 12.6. The van der Waals surface area contributed by atoms with E-state index in [-0.39, 0.29) is 11.5 Å². The number of rotatable bonds is 6. The Morgan fingerprint density at radius 2 is 2.04 bits per heavy atom. The van der Waals surface area contributed by atoms with Crippen molar-refractivity contribution in [1.82, 2.24) is 14.8 Å². The highest BCUT2D eigenvalue weighted by molar-refractivity contribution is 6.03. The lowest BCUT2D eigenvalue weighted by atomic mass is 10.2. The van der Waals surface area contributed by atoms with E-state index in [9.17, 15) is 4.79 Å². The van der Waals surface area contributed by atoms with Crippen LogP contribution >= 0.6 is 0 Å². The van der Waals surface area contributed by atoms with E-state index in [1.807, 2.05) is 20.8 Å². The minimum atomic E-state index is -0.242. The fraction of sp³-hybridized carbons (Fsp3) is 0.438. The molecule has 2 aromatic rings. The van der Waals surface area contributed by atoms with E-state index < -0.39 is 0 Å². The Bertz CT molecular complexity index is 644. The van der Waals surface area contributed by atoms with Crippen molar-refractivity contribution in [2.24, 2.45) is 7.05 Å². The minimum absolute atomic E-state index is 0.189. The van der Waals surface area contributed by atoms with Gasteiger partial charge in [0.05, 0.1) is 29.7 Å². The highest BCUT2D eigenvalue weighted by atomic mass is 16.5. The van der Waals surface area contributed by atoms with Crippen LogP contribution in [0.1, 0.15) is 31.1 Å². The lowest BCUT2D eigenvalue weighted by molar-refractivity contribution is -0.0168. The molecule has 0 saturated heterocycles. The summed E-state index contributed by atoms with van der Waals surface area (Å²) >= 11 is 0. The van der Waals surface area contributed by atoms with Crippen LogP contribution in [-0.4, -0.2) is 39.5 Å². The van der Waals surface area contributed by atoms with Crippen molar-refractivity contribution in [3.05, 3.63) is 36.3 Å². The summed E-state index contributed by atoms with van der Waals surface area (Å²) in [4.78, 5) is 16.2. The van der Waals surface area contributed by atoms with Gasteiger partial charge in [-0.05, 0) is 26.8 Å². The first-order chi connectivity index (χ1) is 10.8. The van der Waals surface area contributed by atoms with Crippen molar-refractivity contribution in [1.29, 1.82) is 0 Å². The predicted octanol–water partition coefficient (Wildman–Crippen LogP) is 2.26. The van der Waals surface area contributed by atoms with Gasteiger partial charge in [0, 0.05) is 25.5 Å². The normalized spacial score (nSPS) is 11.3. The third kappa shape index (κ3) is 5.71. The molecule has 2 rings (SSSR count). The van der Waals surface area contributed by atoms with Crippen molar-refractivity contribution in [3.63, 3.8) is 0 Å². The van der Waals surface area contributed by atoms with Crippen LogP contribution in [0.5, 0.6) is 5.88 Å². The largest absolute Gasteiger partial charge is 0.475 e.